The van der Waals surface area contributed by atoms with Gasteiger partial charge >= 0.3 is 0 Å². The minimum absolute atomic E-state index is 0.224. The summed E-state index contributed by atoms with van der Waals surface area (Å²) in [5.41, 5.74) is 11.8. The molecule has 138 valence electrons. The predicted molar refractivity (Wildman–Crippen MR) is 107 cm³/mol. The lowest BCUT2D eigenvalue weighted by molar-refractivity contribution is 0.306. The topological polar surface area (TPSA) is 35.2 Å². The molecule has 1 aliphatic rings. The van der Waals surface area contributed by atoms with E-state index >= 15 is 0 Å². The Bertz CT molecular complexity index is 920. The van der Waals surface area contributed by atoms with Gasteiger partial charge in [-0.15, -0.1) is 0 Å². The van der Waals surface area contributed by atoms with Crippen molar-refractivity contribution in [2.24, 2.45) is 11.7 Å². The summed E-state index contributed by atoms with van der Waals surface area (Å²) in [6.07, 6.45) is 3.29. The van der Waals surface area contributed by atoms with Crippen LogP contribution in [0.3, 0.4) is 0 Å². The van der Waals surface area contributed by atoms with E-state index in [2.05, 4.69) is 24.3 Å². The molecule has 1 atom stereocenters. The van der Waals surface area contributed by atoms with Crippen molar-refractivity contribution >= 4 is 0 Å². The predicted octanol–water partition coefficient (Wildman–Crippen LogP) is 5.14. The molecule has 0 amide bonds. The number of rotatable bonds is 5. The number of ether oxygens (including phenoxy) is 1. The molecule has 3 heteroatoms. The van der Waals surface area contributed by atoms with Crippen LogP contribution in [0.5, 0.6) is 5.75 Å². The lowest BCUT2D eigenvalue weighted by atomic mass is 9.84. The average Bonchev–Trinajstić information content (AvgIpc) is 2.72. The second-order valence-corrected chi connectivity index (χ2v) is 7.23. The quantitative estimate of drug-likeness (QED) is 0.683. The Hall–Kier alpha value is -2.65. The van der Waals surface area contributed by atoms with E-state index in [1.165, 1.54) is 23.3 Å². The third-order valence-corrected chi connectivity index (χ3v) is 5.41. The fourth-order valence-electron chi connectivity index (χ4n) is 3.82. The zero-order valence-corrected chi connectivity index (χ0v) is 15.3. The van der Waals surface area contributed by atoms with Crippen molar-refractivity contribution in [1.29, 1.82) is 0 Å². The van der Waals surface area contributed by atoms with Crippen LogP contribution in [0.1, 0.15) is 23.1 Å². The van der Waals surface area contributed by atoms with Gasteiger partial charge in [0.05, 0.1) is 0 Å². The van der Waals surface area contributed by atoms with E-state index in [1.807, 2.05) is 18.2 Å². The van der Waals surface area contributed by atoms with Gasteiger partial charge in [0.2, 0.25) is 0 Å². The maximum absolute atomic E-state index is 13.2. The summed E-state index contributed by atoms with van der Waals surface area (Å²) in [5.74, 6) is 1.28. The van der Waals surface area contributed by atoms with E-state index in [0.29, 0.717) is 12.5 Å². The van der Waals surface area contributed by atoms with Crippen molar-refractivity contribution < 1.29 is 9.13 Å². The Balaban J connectivity index is 1.51. The fourth-order valence-corrected chi connectivity index (χ4v) is 3.82. The van der Waals surface area contributed by atoms with Crippen LogP contribution in [0.2, 0.25) is 0 Å². The highest BCUT2D eigenvalue weighted by Crippen LogP contribution is 2.29. The summed E-state index contributed by atoms with van der Waals surface area (Å²) in [7, 11) is 0. The van der Waals surface area contributed by atoms with Gasteiger partial charge in [-0.3, -0.25) is 0 Å². The third-order valence-electron chi connectivity index (χ3n) is 5.41. The Morgan fingerprint density at radius 2 is 1.78 bits per heavy atom. The van der Waals surface area contributed by atoms with E-state index in [-0.39, 0.29) is 5.82 Å². The van der Waals surface area contributed by atoms with E-state index in [1.54, 1.807) is 12.1 Å². The monoisotopic (exact) mass is 361 g/mol. The standard InChI is InChI=1S/C24H24FNO/c25-22-10-7-18(8-11-22)24-4-2-1-3-21(24)16-27-23-12-9-19-13-17(15-26)5-6-20(19)14-23/h1-4,7-12,14,17H,5-6,13,15-16,26H2. The van der Waals surface area contributed by atoms with E-state index in [4.69, 9.17) is 10.5 Å². The summed E-state index contributed by atoms with van der Waals surface area (Å²) in [6.45, 7) is 1.25. The smallest absolute Gasteiger partial charge is 0.123 e. The number of hydrogen-bond acceptors (Lipinski definition) is 2. The van der Waals surface area contributed by atoms with Crippen molar-refractivity contribution in [3.63, 3.8) is 0 Å². The van der Waals surface area contributed by atoms with Gasteiger partial charge in [0.25, 0.3) is 0 Å². The molecule has 1 aliphatic carbocycles. The van der Waals surface area contributed by atoms with Gasteiger partial charge in [-0.1, -0.05) is 42.5 Å². The van der Waals surface area contributed by atoms with Crippen molar-refractivity contribution in [2.45, 2.75) is 25.9 Å². The first kappa shape index (κ1) is 17.7. The van der Waals surface area contributed by atoms with Gasteiger partial charge in [0, 0.05) is 0 Å². The van der Waals surface area contributed by atoms with Crippen molar-refractivity contribution in [3.8, 4) is 16.9 Å². The molecule has 1 unspecified atom stereocenters. The molecule has 0 saturated carbocycles. The third kappa shape index (κ3) is 4.04. The number of hydrogen-bond donors (Lipinski definition) is 1. The lowest BCUT2D eigenvalue weighted by Gasteiger charge is -2.24. The van der Waals surface area contributed by atoms with Gasteiger partial charge in [-0.2, -0.15) is 0 Å². The minimum atomic E-state index is -0.224. The first-order valence-electron chi connectivity index (χ1n) is 9.51. The zero-order valence-electron chi connectivity index (χ0n) is 15.3. The molecule has 0 aliphatic heterocycles. The zero-order chi connectivity index (χ0) is 18.6. The van der Waals surface area contributed by atoms with Crippen molar-refractivity contribution in [3.05, 3.63) is 89.2 Å². The average molecular weight is 361 g/mol. The summed E-state index contributed by atoms with van der Waals surface area (Å²) in [4.78, 5) is 0. The molecule has 2 N–H and O–H groups in total. The molecule has 4 rings (SSSR count). The molecule has 0 fully saturated rings. The Kier molecular flexibility index (Phi) is 5.21. The summed E-state index contributed by atoms with van der Waals surface area (Å²) < 4.78 is 19.3. The number of nitrogens with two attached hydrogens (primary N) is 1. The molecule has 0 bridgehead atoms. The number of halogens is 1. The van der Waals surface area contributed by atoms with Crippen molar-refractivity contribution in [1.82, 2.24) is 0 Å². The van der Waals surface area contributed by atoms with Crippen LogP contribution in [0.25, 0.3) is 11.1 Å². The highest BCUT2D eigenvalue weighted by atomic mass is 19.1. The highest BCUT2D eigenvalue weighted by molar-refractivity contribution is 5.67. The van der Waals surface area contributed by atoms with Gasteiger partial charge in [0.1, 0.15) is 18.2 Å². The number of aryl methyl sites for hydroxylation is 1. The van der Waals surface area contributed by atoms with E-state index in [9.17, 15) is 4.39 Å². The SMILES string of the molecule is NCC1CCc2cc(OCc3ccccc3-c3ccc(F)cc3)ccc2C1. The lowest BCUT2D eigenvalue weighted by Crippen LogP contribution is -2.22. The minimum Gasteiger partial charge on any atom is -0.489 e. The van der Waals surface area contributed by atoms with Gasteiger partial charge in [-0.05, 0) is 83.8 Å². The molecule has 0 spiro atoms. The second kappa shape index (κ2) is 7.93. The molecule has 2 nitrogen and oxygen atoms in total. The van der Waals surface area contributed by atoms with Gasteiger partial charge in [-0.25, -0.2) is 4.39 Å². The maximum atomic E-state index is 13.2. The Morgan fingerprint density at radius 3 is 2.59 bits per heavy atom. The van der Waals surface area contributed by atoms with Gasteiger partial charge < -0.3 is 10.5 Å². The van der Waals surface area contributed by atoms with Gasteiger partial charge in [0.15, 0.2) is 0 Å². The first-order valence-corrected chi connectivity index (χ1v) is 9.51. The van der Waals surface area contributed by atoms with Crippen LogP contribution in [-0.2, 0) is 19.4 Å². The van der Waals surface area contributed by atoms with Crippen LogP contribution >= 0.6 is 0 Å². The summed E-state index contributed by atoms with van der Waals surface area (Å²) in [6, 6.07) is 21.1. The van der Waals surface area contributed by atoms with Crippen LogP contribution in [0.4, 0.5) is 4.39 Å². The second-order valence-electron chi connectivity index (χ2n) is 7.23. The molecule has 0 saturated heterocycles. The first-order chi connectivity index (χ1) is 13.2. The van der Waals surface area contributed by atoms with Crippen molar-refractivity contribution in [2.75, 3.05) is 6.54 Å². The van der Waals surface area contributed by atoms with Crippen LogP contribution in [0, 0.1) is 11.7 Å². The molecule has 0 heterocycles. The molecule has 0 aromatic heterocycles. The number of fused-ring (bicyclic) bond motifs is 1. The van der Waals surface area contributed by atoms with Crippen LogP contribution in [0.15, 0.2) is 66.7 Å². The number of benzene rings is 3. The molecular formula is C24H24FNO. The fraction of sp³-hybridized carbons (Fsp3) is 0.250. The molecule has 0 radical (unpaired) electrons. The Morgan fingerprint density at radius 1 is 0.963 bits per heavy atom. The summed E-state index contributed by atoms with van der Waals surface area (Å²) in [5, 5.41) is 0. The molecular weight excluding hydrogens is 337 g/mol. The molecule has 3 aromatic rings. The van der Waals surface area contributed by atoms with E-state index in [0.717, 1.165) is 48.2 Å². The molecule has 27 heavy (non-hydrogen) atoms. The molecule has 3 aromatic carbocycles. The maximum Gasteiger partial charge on any atom is 0.123 e. The Labute approximate surface area is 159 Å². The largest absolute Gasteiger partial charge is 0.489 e. The van der Waals surface area contributed by atoms with E-state index < -0.39 is 0 Å². The normalized spacial score (nSPS) is 16.0. The van der Waals surface area contributed by atoms with Crippen LogP contribution < -0.4 is 10.5 Å². The highest BCUT2D eigenvalue weighted by Gasteiger charge is 2.18. The summed E-state index contributed by atoms with van der Waals surface area (Å²) >= 11 is 0. The van der Waals surface area contributed by atoms with Crippen LogP contribution in [-0.4, -0.2) is 6.54 Å².